The Hall–Kier alpha value is -1.35. The first-order valence-electron chi connectivity index (χ1n) is 6.97. The van der Waals surface area contributed by atoms with Gasteiger partial charge in [-0.3, -0.25) is 0 Å². The second-order valence-electron chi connectivity index (χ2n) is 5.45. The Morgan fingerprint density at radius 3 is 2.90 bits per heavy atom. The van der Waals surface area contributed by atoms with Gasteiger partial charge >= 0.3 is 0 Å². The quantitative estimate of drug-likeness (QED) is 0.916. The summed E-state index contributed by atoms with van der Waals surface area (Å²) in [4.78, 5) is 2.34. The molecule has 2 aromatic carbocycles. The molecule has 0 saturated heterocycles. The molecule has 1 aliphatic heterocycles. The van der Waals surface area contributed by atoms with E-state index in [4.69, 9.17) is 17.3 Å². The Balaban J connectivity index is 2.15. The van der Waals surface area contributed by atoms with Crippen LogP contribution < -0.4 is 5.73 Å². The highest BCUT2D eigenvalue weighted by molar-refractivity contribution is 6.33. The Morgan fingerprint density at radius 1 is 1.25 bits per heavy atom. The van der Waals surface area contributed by atoms with E-state index in [0.717, 1.165) is 30.1 Å². The fraction of sp³-hybridized carbons (Fsp3) is 0.294. The molecule has 0 spiro atoms. The van der Waals surface area contributed by atoms with Crippen LogP contribution >= 0.6 is 11.6 Å². The van der Waals surface area contributed by atoms with Crippen LogP contribution in [0, 0.1) is 0 Å². The maximum atomic E-state index is 6.48. The lowest BCUT2D eigenvalue weighted by Gasteiger charge is -2.27. The molecule has 0 fully saturated rings. The van der Waals surface area contributed by atoms with Crippen molar-refractivity contribution < 1.29 is 0 Å². The normalized spacial score (nSPS) is 15.2. The number of halogens is 1. The van der Waals surface area contributed by atoms with Gasteiger partial charge in [-0.15, -0.1) is 0 Å². The maximum Gasteiger partial charge on any atom is 0.0487 e. The molecule has 0 aliphatic carbocycles. The highest BCUT2D eigenvalue weighted by Gasteiger charge is 2.19. The minimum Gasteiger partial charge on any atom is -0.326 e. The molecule has 0 unspecified atom stereocenters. The van der Waals surface area contributed by atoms with Crippen molar-refractivity contribution in [1.82, 2.24) is 4.90 Å². The molecule has 104 valence electrons. The second-order valence-corrected chi connectivity index (χ2v) is 5.86. The van der Waals surface area contributed by atoms with E-state index in [1.54, 1.807) is 0 Å². The van der Waals surface area contributed by atoms with Crippen LogP contribution in [0.15, 0.2) is 36.4 Å². The average Bonchev–Trinajstić information content (AvgIpc) is 2.47. The zero-order chi connectivity index (χ0) is 14.1. The fourth-order valence-electron chi connectivity index (χ4n) is 2.93. The van der Waals surface area contributed by atoms with Gasteiger partial charge in [0.15, 0.2) is 0 Å². The average molecular weight is 287 g/mol. The minimum atomic E-state index is 0.559. The molecule has 0 saturated carbocycles. The van der Waals surface area contributed by atoms with Gasteiger partial charge in [0.2, 0.25) is 0 Å². The molecular weight excluding hydrogens is 268 g/mol. The molecule has 0 radical (unpaired) electrons. The highest BCUT2D eigenvalue weighted by atomic mass is 35.5. The van der Waals surface area contributed by atoms with Crippen LogP contribution in [0.1, 0.15) is 16.7 Å². The summed E-state index contributed by atoms with van der Waals surface area (Å²) in [6, 6.07) is 12.6. The van der Waals surface area contributed by atoms with Crippen molar-refractivity contribution in [2.24, 2.45) is 5.73 Å². The Morgan fingerprint density at radius 2 is 2.10 bits per heavy atom. The van der Waals surface area contributed by atoms with Crippen LogP contribution in [0.4, 0.5) is 0 Å². The predicted molar refractivity (Wildman–Crippen MR) is 84.8 cm³/mol. The van der Waals surface area contributed by atoms with E-state index < -0.39 is 0 Å². The van der Waals surface area contributed by atoms with Gasteiger partial charge in [-0.25, -0.2) is 0 Å². The summed E-state index contributed by atoms with van der Waals surface area (Å²) in [6.07, 6.45) is 1.05. The topological polar surface area (TPSA) is 29.3 Å². The van der Waals surface area contributed by atoms with Crippen LogP contribution in [0.3, 0.4) is 0 Å². The SMILES string of the molecule is CN1CCc2c(ccc(Cl)c2-c2cccc(CN)c2)C1. The van der Waals surface area contributed by atoms with Crippen LogP contribution in [0.5, 0.6) is 0 Å². The first kappa shape index (κ1) is 13.6. The molecule has 1 heterocycles. The zero-order valence-corrected chi connectivity index (χ0v) is 12.5. The smallest absolute Gasteiger partial charge is 0.0487 e. The monoisotopic (exact) mass is 286 g/mol. The van der Waals surface area contributed by atoms with Gasteiger partial charge in [0.05, 0.1) is 0 Å². The van der Waals surface area contributed by atoms with E-state index in [1.807, 2.05) is 6.07 Å². The van der Waals surface area contributed by atoms with Gasteiger partial charge in [0.25, 0.3) is 0 Å². The van der Waals surface area contributed by atoms with Crippen LogP contribution in [0.2, 0.25) is 5.02 Å². The number of nitrogens with zero attached hydrogens (tertiary/aromatic N) is 1. The number of fused-ring (bicyclic) bond motifs is 1. The highest BCUT2D eigenvalue weighted by Crippen LogP contribution is 2.36. The van der Waals surface area contributed by atoms with Gasteiger partial charge in [0.1, 0.15) is 0 Å². The van der Waals surface area contributed by atoms with Crippen molar-refractivity contribution in [3.63, 3.8) is 0 Å². The molecule has 0 aromatic heterocycles. The largest absolute Gasteiger partial charge is 0.326 e. The fourth-order valence-corrected chi connectivity index (χ4v) is 3.22. The lowest BCUT2D eigenvalue weighted by atomic mass is 9.90. The van der Waals surface area contributed by atoms with Crippen molar-refractivity contribution in [3.8, 4) is 11.1 Å². The lowest BCUT2D eigenvalue weighted by Crippen LogP contribution is -2.27. The Kier molecular flexibility index (Phi) is 3.79. The molecular formula is C17H19ClN2. The summed E-state index contributed by atoms with van der Waals surface area (Å²) in [5.41, 5.74) is 12.0. The van der Waals surface area contributed by atoms with E-state index in [0.29, 0.717) is 6.54 Å². The first-order chi connectivity index (χ1) is 9.69. The molecule has 1 aliphatic rings. The summed E-state index contributed by atoms with van der Waals surface area (Å²) < 4.78 is 0. The molecule has 2 N–H and O–H groups in total. The van der Waals surface area contributed by atoms with E-state index in [-0.39, 0.29) is 0 Å². The van der Waals surface area contributed by atoms with E-state index >= 15 is 0 Å². The zero-order valence-electron chi connectivity index (χ0n) is 11.7. The third-order valence-electron chi connectivity index (χ3n) is 3.99. The van der Waals surface area contributed by atoms with E-state index in [9.17, 15) is 0 Å². The Labute approximate surface area is 125 Å². The van der Waals surface area contributed by atoms with Crippen LogP contribution in [-0.2, 0) is 19.5 Å². The number of benzene rings is 2. The van der Waals surface area contributed by atoms with Gasteiger partial charge in [-0.05, 0) is 47.9 Å². The maximum absolute atomic E-state index is 6.48. The molecule has 0 atom stereocenters. The molecule has 0 bridgehead atoms. The number of hydrogen-bond acceptors (Lipinski definition) is 2. The standard InChI is InChI=1S/C17H19ClN2/c1-20-8-7-15-14(11-20)5-6-16(18)17(15)13-4-2-3-12(9-13)10-19/h2-6,9H,7-8,10-11,19H2,1H3. The molecule has 2 nitrogen and oxygen atoms in total. The van der Waals surface area contributed by atoms with Crippen molar-refractivity contribution in [2.45, 2.75) is 19.5 Å². The summed E-state index contributed by atoms with van der Waals surface area (Å²) in [5, 5.41) is 0.836. The van der Waals surface area contributed by atoms with Gasteiger partial charge in [-0.1, -0.05) is 35.9 Å². The van der Waals surface area contributed by atoms with Crippen molar-refractivity contribution >= 4 is 11.6 Å². The second kappa shape index (κ2) is 5.57. The minimum absolute atomic E-state index is 0.559. The summed E-state index contributed by atoms with van der Waals surface area (Å²) in [5.74, 6) is 0. The number of rotatable bonds is 2. The van der Waals surface area contributed by atoms with Gasteiger partial charge in [0, 0.05) is 30.2 Å². The van der Waals surface area contributed by atoms with Crippen LogP contribution in [0.25, 0.3) is 11.1 Å². The molecule has 20 heavy (non-hydrogen) atoms. The molecule has 2 aromatic rings. The van der Waals surface area contributed by atoms with Gasteiger partial charge in [-0.2, -0.15) is 0 Å². The number of likely N-dealkylation sites (N-methyl/N-ethyl adjacent to an activating group) is 1. The number of hydrogen-bond donors (Lipinski definition) is 1. The third-order valence-corrected chi connectivity index (χ3v) is 4.31. The summed E-state index contributed by atoms with van der Waals surface area (Å²) >= 11 is 6.48. The Bertz CT molecular complexity index is 637. The van der Waals surface area contributed by atoms with Gasteiger partial charge < -0.3 is 10.6 Å². The third kappa shape index (κ3) is 2.47. The molecule has 0 amide bonds. The number of nitrogens with two attached hydrogens (primary N) is 1. The first-order valence-corrected chi connectivity index (χ1v) is 7.35. The summed E-state index contributed by atoms with van der Waals surface area (Å²) in [6.45, 7) is 2.64. The molecule has 3 heteroatoms. The van der Waals surface area contributed by atoms with E-state index in [1.165, 1.54) is 22.3 Å². The predicted octanol–water partition coefficient (Wildman–Crippen LogP) is 3.45. The summed E-state index contributed by atoms with van der Waals surface area (Å²) in [7, 11) is 2.16. The lowest BCUT2D eigenvalue weighted by molar-refractivity contribution is 0.313. The van der Waals surface area contributed by atoms with Crippen molar-refractivity contribution in [2.75, 3.05) is 13.6 Å². The van der Waals surface area contributed by atoms with Crippen molar-refractivity contribution in [3.05, 3.63) is 58.1 Å². The van der Waals surface area contributed by atoms with Crippen molar-refractivity contribution in [1.29, 1.82) is 0 Å². The molecule has 3 rings (SSSR count). The van der Waals surface area contributed by atoms with E-state index in [2.05, 4.69) is 42.3 Å². The van der Waals surface area contributed by atoms with Crippen LogP contribution in [-0.4, -0.2) is 18.5 Å².